The Bertz CT molecular complexity index is 1180. The predicted molar refractivity (Wildman–Crippen MR) is 156 cm³/mol. The van der Waals surface area contributed by atoms with Crippen LogP contribution in [0.25, 0.3) is 10.9 Å². The summed E-state index contributed by atoms with van der Waals surface area (Å²) >= 11 is 0. The van der Waals surface area contributed by atoms with Crippen LogP contribution < -0.4 is 20.7 Å². The Hall–Kier alpha value is -3.89. The first-order chi connectivity index (χ1) is 19.7. The maximum Gasteiger partial charge on any atom is 0.306 e. The van der Waals surface area contributed by atoms with Gasteiger partial charge in [-0.3, -0.25) is 24.0 Å². The van der Waals surface area contributed by atoms with Crippen LogP contribution in [-0.2, 0) is 23.9 Å². The van der Waals surface area contributed by atoms with E-state index in [1.807, 2.05) is 0 Å². The van der Waals surface area contributed by atoms with Crippen LogP contribution >= 0.6 is 0 Å². The van der Waals surface area contributed by atoms with Crippen LogP contribution in [0.5, 0.6) is 5.75 Å². The fourth-order valence-corrected chi connectivity index (χ4v) is 4.37. The Morgan fingerprint density at radius 1 is 1.10 bits per heavy atom. The van der Waals surface area contributed by atoms with E-state index in [-0.39, 0.29) is 31.0 Å². The van der Waals surface area contributed by atoms with E-state index in [2.05, 4.69) is 41.7 Å². The zero-order valence-electron chi connectivity index (χ0n) is 24.6. The Kier molecular flexibility index (Phi) is 14.4. The minimum Gasteiger partial charge on any atom is -0.496 e. The van der Waals surface area contributed by atoms with E-state index in [9.17, 15) is 24.0 Å². The average molecular weight is 573 g/mol. The summed E-state index contributed by atoms with van der Waals surface area (Å²) in [7, 11) is 1.54. The number of aromatic amines is 1. The number of aromatic nitrogens is 1. The van der Waals surface area contributed by atoms with E-state index >= 15 is 0 Å². The first-order valence-corrected chi connectivity index (χ1v) is 14.4. The number of benzene rings is 1. The summed E-state index contributed by atoms with van der Waals surface area (Å²) in [4.78, 5) is 65.1. The topological polar surface area (TPSA) is 156 Å². The molecule has 0 aliphatic carbocycles. The molecular weight excluding hydrogens is 528 g/mol. The average Bonchev–Trinajstić information content (AvgIpc) is 3.58. The summed E-state index contributed by atoms with van der Waals surface area (Å²) in [5, 5.41) is 8.56. The number of unbranched alkanes of at least 4 members (excludes halogenated alkanes) is 3. The van der Waals surface area contributed by atoms with Gasteiger partial charge >= 0.3 is 5.97 Å². The van der Waals surface area contributed by atoms with Gasteiger partial charge < -0.3 is 30.4 Å². The highest BCUT2D eigenvalue weighted by atomic mass is 16.5. The van der Waals surface area contributed by atoms with Crippen molar-refractivity contribution in [3.05, 3.63) is 30.0 Å². The summed E-state index contributed by atoms with van der Waals surface area (Å²) in [5.74, 6) is -2.11. The van der Waals surface area contributed by atoms with Gasteiger partial charge in [-0.2, -0.15) is 0 Å². The normalized spacial score (nSPS) is 14.8. The molecule has 2 aromatic rings. The molecule has 41 heavy (non-hydrogen) atoms. The summed E-state index contributed by atoms with van der Waals surface area (Å²) in [6.07, 6.45) is 5.76. The van der Waals surface area contributed by atoms with Crippen molar-refractivity contribution in [3.63, 3.8) is 0 Å². The number of ketones is 1. The van der Waals surface area contributed by atoms with E-state index in [4.69, 9.17) is 9.47 Å². The number of hydrogen-bond acceptors (Lipinski definition) is 7. The third-order valence-corrected chi connectivity index (χ3v) is 6.51. The highest BCUT2D eigenvalue weighted by Crippen LogP contribution is 2.26. The molecule has 0 saturated carbocycles. The predicted octanol–water partition coefficient (Wildman–Crippen LogP) is 3.42. The smallest absolute Gasteiger partial charge is 0.306 e. The molecule has 1 aromatic heterocycles. The van der Waals surface area contributed by atoms with Gasteiger partial charge in [0, 0.05) is 29.8 Å². The highest BCUT2D eigenvalue weighted by Gasteiger charge is 2.31. The summed E-state index contributed by atoms with van der Waals surface area (Å²) in [5.41, 5.74) is 0.956. The number of fused-ring (bicyclic) bond motifs is 1. The molecular formula is C30H44N4O7. The third kappa shape index (κ3) is 10.9. The summed E-state index contributed by atoms with van der Waals surface area (Å²) < 4.78 is 10.4. The van der Waals surface area contributed by atoms with Gasteiger partial charge in [0.25, 0.3) is 5.91 Å². The van der Waals surface area contributed by atoms with Crippen molar-refractivity contribution in [2.75, 3.05) is 26.8 Å². The zero-order valence-corrected chi connectivity index (χ0v) is 24.6. The number of methoxy groups -OCH3 is 1. The Balaban J connectivity index is 0.00000187. The Morgan fingerprint density at radius 3 is 2.51 bits per heavy atom. The van der Waals surface area contributed by atoms with Gasteiger partial charge in [0.2, 0.25) is 11.8 Å². The minimum atomic E-state index is -1.03. The molecule has 0 bridgehead atoms. The van der Waals surface area contributed by atoms with E-state index in [0.717, 1.165) is 24.6 Å². The van der Waals surface area contributed by atoms with Gasteiger partial charge in [-0.1, -0.05) is 52.5 Å². The van der Waals surface area contributed by atoms with Crippen LogP contribution in [0.2, 0.25) is 0 Å². The lowest BCUT2D eigenvalue weighted by Crippen LogP contribution is -2.48. The molecule has 1 saturated heterocycles. The van der Waals surface area contributed by atoms with Crippen molar-refractivity contribution in [3.8, 4) is 5.75 Å². The lowest BCUT2D eigenvalue weighted by atomic mass is 9.96. The molecule has 2 unspecified atom stereocenters. The molecule has 1 aliphatic rings. The lowest BCUT2D eigenvalue weighted by molar-refractivity contribution is -0.149. The fraction of sp³-hybridized carbons (Fsp3) is 0.567. The molecule has 1 fully saturated rings. The van der Waals surface area contributed by atoms with Crippen LogP contribution in [-0.4, -0.2) is 67.3 Å². The highest BCUT2D eigenvalue weighted by molar-refractivity contribution is 6.01. The number of carbonyl (C=O) groups is 5. The SMILES string of the molecule is CCC.CCCCCCC(=O)OCC(=O)C(CC1CCNC1=O)NC(=O)CNC(=O)c1cc2c(OC)cccc2[nH]1. The van der Waals surface area contributed by atoms with Crippen LogP contribution in [0.4, 0.5) is 0 Å². The van der Waals surface area contributed by atoms with E-state index < -0.39 is 42.1 Å². The molecule has 2 atom stereocenters. The second kappa shape index (κ2) is 17.7. The monoisotopic (exact) mass is 572 g/mol. The van der Waals surface area contributed by atoms with Gasteiger partial charge in [-0.25, -0.2) is 0 Å². The molecule has 1 aliphatic heterocycles. The number of Topliss-reactive ketones (excluding diaryl/α,β-unsaturated/α-hetero) is 1. The molecule has 11 heteroatoms. The van der Waals surface area contributed by atoms with E-state index in [0.29, 0.717) is 30.7 Å². The molecule has 0 radical (unpaired) electrons. The second-order valence-corrected chi connectivity index (χ2v) is 10.1. The van der Waals surface area contributed by atoms with Crippen LogP contribution in [0, 0.1) is 5.92 Å². The number of ether oxygens (including phenoxy) is 2. The fourth-order valence-electron chi connectivity index (χ4n) is 4.37. The molecule has 0 spiro atoms. The maximum atomic E-state index is 12.8. The first kappa shape index (κ1) is 33.3. The molecule has 2 heterocycles. The summed E-state index contributed by atoms with van der Waals surface area (Å²) in [6, 6.07) is 5.96. The molecule has 3 rings (SSSR count). The van der Waals surface area contributed by atoms with Crippen LogP contribution in [0.3, 0.4) is 0 Å². The van der Waals surface area contributed by atoms with E-state index in [1.165, 1.54) is 13.5 Å². The van der Waals surface area contributed by atoms with Gasteiger partial charge in [0.15, 0.2) is 12.4 Å². The number of nitrogens with one attached hydrogen (secondary N) is 4. The second-order valence-electron chi connectivity index (χ2n) is 10.1. The Labute approximate surface area is 241 Å². The summed E-state index contributed by atoms with van der Waals surface area (Å²) in [6.45, 7) is 5.94. The van der Waals surface area contributed by atoms with Gasteiger partial charge in [0.1, 0.15) is 11.4 Å². The van der Waals surface area contributed by atoms with Crippen molar-refractivity contribution in [2.24, 2.45) is 5.92 Å². The van der Waals surface area contributed by atoms with Crippen LogP contribution in [0.15, 0.2) is 24.3 Å². The van der Waals surface area contributed by atoms with Crippen molar-refractivity contribution < 1.29 is 33.4 Å². The number of H-pyrrole nitrogens is 1. The standard InChI is InChI=1S/C27H36N4O7.C3H8/c1-3-4-5-6-10-25(34)38-16-22(32)20(13-17-11-12-28-26(17)35)31-24(33)15-29-27(36)21-14-18-19(30-21)8-7-9-23(18)37-2;1-3-2/h7-9,14,17,20,30H,3-6,10-13,15-16H2,1-2H3,(H,28,35)(H,29,36)(H,31,33);3H2,1-2H3. The number of hydrogen-bond donors (Lipinski definition) is 4. The first-order valence-electron chi connectivity index (χ1n) is 14.4. The molecule has 3 amide bonds. The van der Waals surface area contributed by atoms with Gasteiger partial charge in [-0.05, 0) is 37.5 Å². The molecule has 11 nitrogen and oxygen atoms in total. The molecule has 1 aromatic carbocycles. The maximum absolute atomic E-state index is 12.8. The number of rotatable bonds is 15. The number of carbonyl (C=O) groups excluding carboxylic acids is 5. The largest absolute Gasteiger partial charge is 0.496 e. The minimum absolute atomic E-state index is 0.0835. The van der Waals surface area contributed by atoms with Gasteiger partial charge in [-0.15, -0.1) is 0 Å². The van der Waals surface area contributed by atoms with E-state index in [1.54, 1.807) is 24.3 Å². The quantitative estimate of drug-likeness (QED) is 0.188. The van der Waals surface area contributed by atoms with Gasteiger partial charge in [0.05, 0.1) is 19.7 Å². The zero-order chi connectivity index (χ0) is 30.2. The lowest BCUT2D eigenvalue weighted by Gasteiger charge is -2.20. The van der Waals surface area contributed by atoms with Crippen molar-refractivity contribution in [2.45, 2.75) is 78.2 Å². The van der Waals surface area contributed by atoms with Crippen molar-refractivity contribution in [1.82, 2.24) is 20.9 Å². The molecule has 4 N–H and O–H groups in total. The van der Waals surface area contributed by atoms with Crippen molar-refractivity contribution in [1.29, 1.82) is 0 Å². The number of amides is 3. The molecule has 226 valence electrons. The Morgan fingerprint density at radius 2 is 1.85 bits per heavy atom. The third-order valence-electron chi connectivity index (χ3n) is 6.51. The van der Waals surface area contributed by atoms with Crippen LogP contribution in [0.1, 0.15) is 82.6 Å². The number of esters is 1. The van der Waals surface area contributed by atoms with Crippen molar-refractivity contribution >= 4 is 40.4 Å².